The van der Waals surface area contributed by atoms with E-state index < -0.39 is 15.3 Å². The molecule has 0 fully saturated rings. The predicted molar refractivity (Wildman–Crippen MR) is 87.0 cm³/mol. The molecule has 5 heteroatoms. The van der Waals surface area contributed by atoms with E-state index >= 15 is 0 Å². The van der Waals surface area contributed by atoms with Gasteiger partial charge in [0.2, 0.25) is 10.0 Å². The molecule has 120 valence electrons. The van der Waals surface area contributed by atoms with Crippen molar-refractivity contribution < 1.29 is 13.2 Å². The average molecular weight is 313 g/mol. The Morgan fingerprint density at radius 1 is 1.24 bits per heavy atom. The lowest BCUT2D eigenvalue weighted by molar-refractivity contribution is 0.209. The molecule has 21 heavy (non-hydrogen) atoms. The van der Waals surface area contributed by atoms with Gasteiger partial charge in [0.25, 0.3) is 0 Å². The first-order valence-corrected chi connectivity index (χ1v) is 9.18. The Morgan fingerprint density at radius 2 is 1.90 bits per heavy atom. The molecule has 0 aliphatic rings. The molecular formula is C16H27NO3S. The molecule has 1 unspecified atom stereocenters. The number of ether oxygens (including phenoxy) is 1. The molecule has 2 N–H and O–H groups in total. The van der Waals surface area contributed by atoms with Gasteiger partial charge in [0.1, 0.15) is 5.75 Å². The topological polar surface area (TPSA) is 69.4 Å². The molecule has 0 aliphatic carbocycles. The van der Waals surface area contributed by atoms with Crippen LogP contribution in [0.1, 0.15) is 58.4 Å². The molecule has 4 nitrogen and oxygen atoms in total. The van der Waals surface area contributed by atoms with Crippen LogP contribution < -0.4 is 9.88 Å². The van der Waals surface area contributed by atoms with Gasteiger partial charge in [0.15, 0.2) is 0 Å². The van der Waals surface area contributed by atoms with E-state index in [1.807, 2.05) is 45.0 Å². The van der Waals surface area contributed by atoms with Gasteiger partial charge in [-0.1, -0.05) is 39.3 Å². The van der Waals surface area contributed by atoms with Crippen molar-refractivity contribution in [2.24, 2.45) is 5.14 Å². The lowest BCUT2D eigenvalue weighted by Crippen LogP contribution is -2.32. The molecule has 0 spiro atoms. The first-order valence-electron chi connectivity index (χ1n) is 7.57. The van der Waals surface area contributed by atoms with Crippen LogP contribution >= 0.6 is 0 Å². The van der Waals surface area contributed by atoms with Crippen molar-refractivity contribution in [3.63, 3.8) is 0 Å². The molecule has 0 aromatic heterocycles. The van der Waals surface area contributed by atoms with Crippen molar-refractivity contribution in [2.75, 3.05) is 0 Å². The third-order valence-electron chi connectivity index (χ3n) is 3.80. The van der Waals surface area contributed by atoms with E-state index in [1.54, 1.807) is 0 Å². The minimum atomic E-state index is -3.55. The molecular weight excluding hydrogens is 286 g/mol. The summed E-state index contributed by atoms with van der Waals surface area (Å²) in [6, 6.07) is 7.65. The summed E-state index contributed by atoms with van der Waals surface area (Å²) in [4.78, 5) is 0. The Kier molecular flexibility index (Phi) is 6.68. The predicted octanol–water partition coefficient (Wildman–Crippen LogP) is 3.42. The van der Waals surface area contributed by atoms with E-state index in [0.717, 1.165) is 24.2 Å². The smallest absolute Gasteiger partial charge is 0.212 e. The molecule has 1 aromatic carbocycles. The fourth-order valence-corrected chi connectivity index (χ4v) is 3.84. The van der Waals surface area contributed by atoms with Gasteiger partial charge in [-0.3, -0.25) is 0 Å². The van der Waals surface area contributed by atoms with Crippen LogP contribution in [0, 0.1) is 0 Å². The monoisotopic (exact) mass is 313 g/mol. The van der Waals surface area contributed by atoms with Crippen LogP contribution in [-0.2, 0) is 10.0 Å². The van der Waals surface area contributed by atoms with E-state index in [9.17, 15) is 8.42 Å². The summed E-state index contributed by atoms with van der Waals surface area (Å²) in [6.45, 7) is 7.90. The zero-order valence-electron chi connectivity index (χ0n) is 13.4. The molecule has 0 radical (unpaired) electrons. The lowest BCUT2D eigenvalue weighted by Gasteiger charge is -2.22. The Bertz CT molecular complexity index is 542. The van der Waals surface area contributed by atoms with Gasteiger partial charge in [-0.25, -0.2) is 13.6 Å². The van der Waals surface area contributed by atoms with Gasteiger partial charge < -0.3 is 4.74 Å². The fourth-order valence-electron chi connectivity index (χ4n) is 2.65. The Hall–Kier alpha value is -1.07. The summed E-state index contributed by atoms with van der Waals surface area (Å²) in [6.07, 6.45) is 2.72. The molecule has 0 bridgehead atoms. The highest BCUT2D eigenvalue weighted by Crippen LogP contribution is 2.28. The lowest BCUT2D eigenvalue weighted by atomic mass is 9.96. The second-order valence-electron chi connectivity index (χ2n) is 5.61. The molecule has 0 aliphatic heterocycles. The molecule has 3 atom stereocenters. The van der Waals surface area contributed by atoms with Crippen LogP contribution in [0.15, 0.2) is 24.3 Å². The summed E-state index contributed by atoms with van der Waals surface area (Å²) >= 11 is 0. The maximum absolute atomic E-state index is 11.7. The van der Waals surface area contributed by atoms with E-state index in [-0.39, 0.29) is 12.0 Å². The number of hydrogen-bond donors (Lipinski definition) is 1. The molecule has 0 heterocycles. The van der Waals surface area contributed by atoms with E-state index in [2.05, 4.69) is 6.92 Å². The molecule has 0 saturated carbocycles. The van der Waals surface area contributed by atoms with E-state index in [1.165, 1.54) is 0 Å². The first kappa shape index (κ1) is 18.0. The number of nitrogens with two attached hydrogens (primary N) is 1. The normalized spacial score (nSPS) is 16.2. The number of primary sulfonamides is 1. The SMILES string of the molecule is CCC[C@@H](C)Oc1cccc([C@@H](C)C(CC)S(N)(=O)=O)c1. The van der Waals surface area contributed by atoms with E-state index in [4.69, 9.17) is 9.88 Å². The zero-order valence-corrected chi connectivity index (χ0v) is 14.2. The Morgan fingerprint density at radius 3 is 2.43 bits per heavy atom. The third kappa shape index (κ3) is 5.32. The van der Waals surface area contributed by atoms with Crippen molar-refractivity contribution in [2.45, 2.75) is 64.2 Å². The molecule has 0 saturated heterocycles. The van der Waals surface area contributed by atoms with Crippen LogP contribution in [0.5, 0.6) is 5.75 Å². The van der Waals surface area contributed by atoms with Gasteiger partial charge in [-0.15, -0.1) is 0 Å². The Balaban J connectivity index is 2.93. The summed E-state index contributed by atoms with van der Waals surface area (Å²) in [5.74, 6) is 0.625. The van der Waals surface area contributed by atoms with Crippen LogP contribution in [0.2, 0.25) is 0 Å². The van der Waals surface area contributed by atoms with Gasteiger partial charge >= 0.3 is 0 Å². The molecule has 0 amide bonds. The van der Waals surface area contributed by atoms with Gasteiger partial charge in [-0.2, -0.15) is 0 Å². The summed E-state index contributed by atoms with van der Waals surface area (Å²) in [5, 5.41) is 4.76. The van der Waals surface area contributed by atoms with Gasteiger partial charge in [0, 0.05) is 0 Å². The van der Waals surface area contributed by atoms with Crippen molar-refractivity contribution in [1.82, 2.24) is 0 Å². The van der Waals surface area contributed by atoms with Crippen molar-refractivity contribution >= 4 is 10.0 Å². The minimum Gasteiger partial charge on any atom is -0.491 e. The fraction of sp³-hybridized carbons (Fsp3) is 0.625. The number of benzene rings is 1. The number of rotatable bonds is 8. The van der Waals surface area contributed by atoms with Crippen molar-refractivity contribution in [3.8, 4) is 5.75 Å². The highest BCUT2D eigenvalue weighted by Gasteiger charge is 2.27. The largest absolute Gasteiger partial charge is 0.491 e. The molecule has 1 aromatic rings. The van der Waals surface area contributed by atoms with E-state index in [0.29, 0.717) is 6.42 Å². The second kappa shape index (κ2) is 7.80. The highest BCUT2D eigenvalue weighted by molar-refractivity contribution is 7.89. The van der Waals surface area contributed by atoms with Gasteiger partial charge in [0.05, 0.1) is 11.4 Å². The minimum absolute atomic E-state index is 0.153. The summed E-state index contributed by atoms with van der Waals surface area (Å²) in [7, 11) is -3.55. The van der Waals surface area contributed by atoms with Crippen LogP contribution in [-0.4, -0.2) is 19.8 Å². The number of sulfonamides is 1. The van der Waals surface area contributed by atoms with Crippen LogP contribution in [0.4, 0.5) is 0 Å². The maximum Gasteiger partial charge on any atom is 0.212 e. The van der Waals surface area contributed by atoms with Crippen LogP contribution in [0.3, 0.4) is 0 Å². The van der Waals surface area contributed by atoms with Crippen molar-refractivity contribution in [1.29, 1.82) is 0 Å². The zero-order chi connectivity index (χ0) is 16.0. The van der Waals surface area contributed by atoms with Crippen LogP contribution in [0.25, 0.3) is 0 Å². The standard InChI is InChI=1S/C16H27NO3S/c1-5-8-12(3)20-15-10-7-9-14(11-15)13(4)16(6-2)21(17,18)19/h7,9-13,16H,5-6,8H2,1-4H3,(H2,17,18,19)/t12-,13-,16?/m1/s1. The average Bonchev–Trinajstić information content (AvgIpc) is 2.38. The quantitative estimate of drug-likeness (QED) is 0.799. The second-order valence-corrected chi connectivity index (χ2v) is 7.40. The summed E-state index contributed by atoms with van der Waals surface area (Å²) in [5.41, 5.74) is 0.942. The number of hydrogen-bond acceptors (Lipinski definition) is 3. The summed E-state index contributed by atoms with van der Waals surface area (Å²) < 4.78 is 29.2. The molecule has 1 rings (SSSR count). The van der Waals surface area contributed by atoms with Crippen molar-refractivity contribution in [3.05, 3.63) is 29.8 Å². The first-order chi connectivity index (χ1) is 9.79. The highest BCUT2D eigenvalue weighted by atomic mass is 32.2. The van der Waals surface area contributed by atoms with Gasteiger partial charge in [-0.05, 0) is 43.4 Å². The maximum atomic E-state index is 11.7. The third-order valence-corrected chi connectivity index (χ3v) is 5.38. The Labute approximate surface area is 128 Å².